The molecule has 0 unspecified atom stereocenters. The van der Waals surface area contributed by atoms with E-state index in [1.807, 2.05) is 60.2 Å². The number of nitrogens with zero attached hydrogens (tertiary/aromatic N) is 3. The van der Waals surface area contributed by atoms with Gasteiger partial charge in [0.25, 0.3) is 0 Å². The molecule has 180 valence electrons. The van der Waals surface area contributed by atoms with E-state index < -0.39 is 5.97 Å². The molecule has 4 rings (SSSR count). The number of benzene rings is 2. The quantitative estimate of drug-likeness (QED) is 0.218. The van der Waals surface area contributed by atoms with Gasteiger partial charge in [0.05, 0.1) is 12.9 Å². The number of ether oxygens (including phenoxy) is 1. The molecule has 0 spiro atoms. The van der Waals surface area contributed by atoms with Crippen molar-refractivity contribution < 1.29 is 14.3 Å². The zero-order valence-corrected chi connectivity index (χ0v) is 21.8. The van der Waals surface area contributed by atoms with Crippen molar-refractivity contribution in [2.24, 2.45) is 0 Å². The van der Waals surface area contributed by atoms with Crippen molar-refractivity contribution >= 4 is 51.6 Å². The number of aryl methyl sites for hydroxylation is 1. The third kappa shape index (κ3) is 5.58. The number of methoxy groups -OCH3 is 1. The molecule has 0 saturated heterocycles. The number of thiophene rings is 1. The minimum absolute atomic E-state index is 0.108. The van der Waals surface area contributed by atoms with E-state index in [0.29, 0.717) is 33.1 Å². The monoisotopic (exact) mass is 526 g/mol. The number of aromatic nitrogens is 3. The van der Waals surface area contributed by atoms with Crippen LogP contribution in [0, 0.1) is 6.92 Å². The van der Waals surface area contributed by atoms with E-state index in [4.69, 9.17) is 16.3 Å². The second-order valence-corrected chi connectivity index (χ2v) is 9.86. The first-order valence-corrected chi connectivity index (χ1v) is 13.0. The molecule has 0 radical (unpaired) electrons. The zero-order chi connectivity index (χ0) is 24.9. The molecule has 1 N–H and O–H groups in total. The van der Waals surface area contributed by atoms with Crippen molar-refractivity contribution in [3.8, 4) is 22.5 Å². The largest absolute Gasteiger partial charge is 0.465 e. The van der Waals surface area contributed by atoms with Crippen molar-refractivity contribution in [2.75, 3.05) is 18.2 Å². The third-order valence-corrected chi connectivity index (χ3v) is 7.38. The molecule has 2 aromatic carbocycles. The summed E-state index contributed by atoms with van der Waals surface area (Å²) in [5.41, 5.74) is 3.97. The normalized spacial score (nSPS) is 10.9. The molecular weight excluding hydrogens is 504 g/mol. The summed E-state index contributed by atoms with van der Waals surface area (Å²) in [6.45, 7) is 4.64. The van der Waals surface area contributed by atoms with Crippen molar-refractivity contribution in [3.63, 3.8) is 0 Å². The fourth-order valence-corrected chi connectivity index (χ4v) is 5.39. The van der Waals surface area contributed by atoms with Crippen LogP contribution in [-0.2, 0) is 16.1 Å². The average molecular weight is 527 g/mol. The summed E-state index contributed by atoms with van der Waals surface area (Å²) in [7, 11) is 1.33. The number of carbonyl (C=O) groups excluding carboxylic acids is 2. The van der Waals surface area contributed by atoms with Gasteiger partial charge in [-0.25, -0.2) is 4.79 Å². The Labute approximate surface area is 216 Å². The molecule has 2 aromatic heterocycles. The smallest absolute Gasteiger partial charge is 0.341 e. The number of halogens is 1. The summed E-state index contributed by atoms with van der Waals surface area (Å²) in [5, 5.41) is 15.0. The lowest BCUT2D eigenvalue weighted by molar-refractivity contribution is -0.113. The van der Waals surface area contributed by atoms with Gasteiger partial charge < -0.3 is 14.6 Å². The first-order chi connectivity index (χ1) is 16.9. The number of carbonyl (C=O) groups is 2. The second-order valence-electron chi connectivity index (χ2n) is 7.61. The lowest BCUT2D eigenvalue weighted by Crippen LogP contribution is -2.16. The number of hydrogen-bond donors (Lipinski definition) is 1. The second kappa shape index (κ2) is 11.1. The van der Waals surface area contributed by atoms with Crippen LogP contribution in [0.3, 0.4) is 0 Å². The Morgan fingerprint density at radius 2 is 1.77 bits per heavy atom. The van der Waals surface area contributed by atoms with Gasteiger partial charge in [-0.1, -0.05) is 53.2 Å². The molecule has 1 amide bonds. The molecule has 0 fully saturated rings. The molecule has 10 heteroatoms. The number of amides is 1. The van der Waals surface area contributed by atoms with Gasteiger partial charge in [0.2, 0.25) is 5.91 Å². The lowest BCUT2D eigenvalue weighted by atomic mass is 10.0. The molecule has 7 nitrogen and oxygen atoms in total. The molecular formula is C25H23ClN4O3S2. The standard InChI is InChI=1S/C25H23ClN4O3S2/c1-4-30-22(17-9-11-18(26)12-10-17)28-29-25(30)35-14-20(31)27-23-21(24(32)33-3)19(13-34-23)16-7-5-15(2)6-8-16/h5-13H,4,14H2,1-3H3,(H,27,31). The highest BCUT2D eigenvalue weighted by Gasteiger charge is 2.23. The van der Waals surface area contributed by atoms with Crippen molar-refractivity contribution in [3.05, 3.63) is 70.1 Å². The highest BCUT2D eigenvalue weighted by atomic mass is 35.5. The van der Waals surface area contributed by atoms with E-state index in [1.54, 1.807) is 12.1 Å². The first-order valence-electron chi connectivity index (χ1n) is 10.8. The number of esters is 1. The van der Waals surface area contributed by atoms with Gasteiger partial charge in [0.15, 0.2) is 11.0 Å². The van der Waals surface area contributed by atoms with Gasteiger partial charge >= 0.3 is 5.97 Å². The van der Waals surface area contributed by atoms with E-state index in [-0.39, 0.29) is 11.7 Å². The van der Waals surface area contributed by atoms with Crippen LogP contribution in [0.1, 0.15) is 22.8 Å². The highest BCUT2D eigenvalue weighted by molar-refractivity contribution is 7.99. The van der Waals surface area contributed by atoms with Crippen LogP contribution in [0.25, 0.3) is 22.5 Å². The summed E-state index contributed by atoms with van der Waals surface area (Å²) in [4.78, 5) is 25.4. The average Bonchev–Trinajstić information content (AvgIpc) is 3.47. The summed E-state index contributed by atoms with van der Waals surface area (Å²) in [6.07, 6.45) is 0. The first kappa shape index (κ1) is 25.0. The fourth-order valence-electron chi connectivity index (χ4n) is 3.49. The van der Waals surface area contributed by atoms with Gasteiger partial charge in [-0.15, -0.1) is 21.5 Å². The van der Waals surface area contributed by atoms with Crippen LogP contribution in [0.5, 0.6) is 0 Å². The summed E-state index contributed by atoms with van der Waals surface area (Å²) in [6, 6.07) is 15.2. The maximum absolute atomic E-state index is 12.8. The Balaban J connectivity index is 1.50. The van der Waals surface area contributed by atoms with Crippen LogP contribution >= 0.6 is 34.7 Å². The molecule has 0 aliphatic rings. The summed E-state index contributed by atoms with van der Waals surface area (Å²) < 4.78 is 6.94. The van der Waals surface area contributed by atoms with E-state index in [0.717, 1.165) is 22.3 Å². The van der Waals surface area contributed by atoms with Gasteiger partial charge in [0, 0.05) is 28.1 Å². The Hall–Kier alpha value is -3.14. The summed E-state index contributed by atoms with van der Waals surface area (Å²) in [5.74, 6) is 0.0669. The number of nitrogens with one attached hydrogen (secondary N) is 1. The Kier molecular flexibility index (Phi) is 7.90. The van der Waals surface area contributed by atoms with Gasteiger partial charge in [-0.2, -0.15) is 0 Å². The van der Waals surface area contributed by atoms with Crippen LogP contribution in [0.4, 0.5) is 5.00 Å². The van der Waals surface area contributed by atoms with Crippen molar-refractivity contribution in [2.45, 2.75) is 25.5 Å². The predicted molar refractivity (Wildman–Crippen MR) is 141 cm³/mol. The fraction of sp³-hybridized carbons (Fsp3) is 0.200. The molecule has 4 aromatic rings. The summed E-state index contributed by atoms with van der Waals surface area (Å²) >= 11 is 8.57. The van der Waals surface area contributed by atoms with E-state index in [2.05, 4.69) is 15.5 Å². The van der Waals surface area contributed by atoms with Crippen LogP contribution < -0.4 is 5.32 Å². The molecule has 35 heavy (non-hydrogen) atoms. The van der Waals surface area contributed by atoms with Gasteiger partial charge in [-0.3, -0.25) is 4.79 Å². The van der Waals surface area contributed by atoms with E-state index in [9.17, 15) is 9.59 Å². The lowest BCUT2D eigenvalue weighted by Gasteiger charge is -2.09. The molecule has 0 bridgehead atoms. The minimum Gasteiger partial charge on any atom is -0.465 e. The molecule has 0 saturated carbocycles. The number of hydrogen-bond acceptors (Lipinski definition) is 7. The number of anilines is 1. The molecule has 0 aliphatic carbocycles. The Bertz CT molecular complexity index is 1350. The molecule has 0 atom stereocenters. The highest BCUT2D eigenvalue weighted by Crippen LogP contribution is 2.36. The zero-order valence-electron chi connectivity index (χ0n) is 19.4. The van der Waals surface area contributed by atoms with Crippen molar-refractivity contribution in [1.29, 1.82) is 0 Å². The van der Waals surface area contributed by atoms with E-state index >= 15 is 0 Å². The van der Waals surface area contributed by atoms with Crippen LogP contribution in [-0.4, -0.2) is 39.5 Å². The predicted octanol–water partition coefficient (Wildman–Crippen LogP) is 6.17. The third-order valence-electron chi connectivity index (χ3n) is 5.26. The number of thioether (sulfide) groups is 1. The minimum atomic E-state index is -0.497. The van der Waals surface area contributed by atoms with E-state index in [1.165, 1.54) is 30.2 Å². The van der Waals surface area contributed by atoms with Crippen LogP contribution in [0.15, 0.2) is 59.1 Å². The van der Waals surface area contributed by atoms with Gasteiger partial charge in [-0.05, 0) is 43.7 Å². The SMILES string of the molecule is CCn1c(SCC(=O)Nc2scc(-c3ccc(C)cc3)c2C(=O)OC)nnc1-c1ccc(Cl)cc1. The Morgan fingerprint density at radius 1 is 1.09 bits per heavy atom. The topological polar surface area (TPSA) is 86.1 Å². The van der Waals surface area contributed by atoms with Crippen LogP contribution in [0.2, 0.25) is 5.02 Å². The Morgan fingerprint density at radius 3 is 2.43 bits per heavy atom. The molecule has 2 heterocycles. The van der Waals surface area contributed by atoms with Gasteiger partial charge in [0.1, 0.15) is 10.6 Å². The maximum atomic E-state index is 12.8. The van der Waals surface area contributed by atoms with Crippen molar-refractivity contribution in [1.82, 2.24) is 14.8 Å². The molecule has 0 aliphatic heterocycles. The number of rotatable bonds is 8. The maximum Gasteiger partial charge on any atom is 0.341 e.